The first-order valence-corrected chi connectivity index (χ1v) is 13.9. The van der Waals surface area contributed by atoms with E-state index in [1.54, 1.807) is 0 Å². The normalized spacial score (nSPS) is 21.1. The van der Waals surface area contributed by atoms with Gasteiger partial charge in [0.25, 0.3) is 0 Å². The van der Waals surface area contributed by atoms with Crippen molar-refractivity contribution in [2.24, 2.45) is 17.8 Å². The molecule has 4 aromatic rings. The largest absolute Gasteiger partial charge is 0.439 e. The Bertz CT molecular complexity index is 1470. The number of aromatic amines is 1. The number of hydrogen-bond donors (Lipinski definition) is 2. The average molecular weight is 514 g/mol. The Kier molecular flexibility index (Phi) is 6.82. The molecule has 38 heavy (non-hydrogen) atoms. The Morgan fingerprint density at radius 3 is 2.55 bits per heavy atom. The monoisotopic (exact) mass is 513 g/mol. The van der Waals surface area contributed by atoms with E-state index in [2.05, 4.69) is 58.2 Å². The molecule has 3 aromatic heterocycles. The first-order valence-electron chi connectivity index (χ1n) is 13.9. The number of fused-ring (bicyclic) bond motifs is 1. The fraction of sp³-hybridized carbons (Fsp3) is 0.483. The maximum Gasteiger partial charge on any atom is 0.439 e. The molecule has 0 bridgehead atoms. The molecule has 9 heteroatoms. The van der Waals surface area contributed by atoms with Crippen LogP contribution in [0.3, 0.4) is 0 Å². The van der Waals surface area contributed by atoms with Crippen LogP contribution in [0.1, 0.15) is 70.2 Å². The molecular weight excluding hydrogens is 478 g/mol. The van der Waals surface area contributed by atoms with Crippen LogP contribution in [0, 0.1) is 17.8 Å². The molecule has 6 rings (SSSR count). The Morgan fingerprint density at radius 2 is 1.87 bits per heavy atom. The standard InChI is InChI=1S/C29H35N7O2/c1-18-11-13-21(14-12-18)17-36-23(16-15-20-7-4-3-5-8-20)31-26-24(36)25(30-19(2)22-9-6-10-22)32-27(33-26)28-34-29(37)38-35-28/h3-5,7-8,15-16,18-19,21-22H,6,9-14,17H2,1-2H3,(H,30,32,33)(H,34,35,37)/b16-15+/t18-,19-,21-/m1/s1. The third-order valence-electron chi connectivity index (χ3n) is 8.31. The van der Waals surface area contributed by atoms with Gasteiger partial charge in [-0.25, -0.2) is 19.7 Å². The highest BCUT2D eigenvalue weighted by atomic mass is 16.5. The van der Waals surface area contributed by atoms with Crippen LogP contribution >= 0.6 is 0 Å². The summed E-state index contributed by atoms with van der Waals surface area (Å²) in [6.45, 7) is 5.44. The Morgan fingerprint density at radius 1 is 1.08 bits per heavy atom. The van der Waals surface area contributed by atoms with Gasteiger partial charge < -0.3 is 9.88 Å². The number of rotatable bonds is 8. The van der Waals surface area contributed by atoms with Gasteiger partial charge in [0.1, 0.15) is 11.3 Å². The van der Waals surface area contributed by atoms with Crippen molar-refractivity contribution in [1.29, 1.82) is 0 Å². The van der Waals surface area contributed by atoms with Crippen molar-refractivity contribution in [2.75, 3.05) is 5.32 Å². The number of imidazole rings is 1. The molecule has 2 N–H and O–H groups in total. The number of hydrogen-bond acceptors (Lipinski definition) is 7. The molecule has 0 aliphatic heterocycles. The summed E-state index contributed by atoms with van der Waals surface area (Å²) in [7, 11) is 0. The summed E-state index contributed by atoms with van der Waals surface area (Å²) in [6, 6.07) is 10.5. The Labute approximate surface area is 221 Å². The van der Waals surface area contributed by atoms with Gasteiger partial charge in [-0.05, 0) is 62.0 Å². The van der Waals surface area contributed by atoms with Crippen LogP contribution < -0.4 is 11.1 Å². The molecule has 3 heterocycles. The van der Waals surface area contributed by atoms with Gasteiger partial charge in [0.05, 0.1) is 0 Å². The third-order valence-corrected chi connectivity index (χ3v) is 8.31. The van der Waals surface area contributed by atoms with E-state index < -0.39 is 5.76 Å². The summed E-state index contributed by atoms with van der Waals surface area (Å²) in [6.07, 6.45) is 12.8. The van der Waals surface area contributed by atoms with E-state index in [4.69, 9.17) is 19.5 Å². The lowest BCUT2D eigenvalue weighted by molar-refractivity contribution is 0.266. The number of H-pyrrole nitrogens is 1. The highest BCUT2D eigenvalue weighted by molar-refractivity contribution is 5.87. The zero-order valence-corrected chi connectivity index (χ0v) is 22.1. The first-order chi connectivity index (χ1) is 18.5. The van der Waals surface area contributed by atoms with Gasteiger partial charge in [-0.3, -0.25) is 9.51 Å². The lowest BCUT2D eigenvalue weighted by atomic mass is 9.80. The van der Waals surface area contributed by atoms with Crippen LogP contribution in [0.4, 0.5) is 5.82 Å². The van der Waals surface area contributed by atoms with Gasteiger partial charge in [-0.15, -0.1) is 0 Å². The minimum atomic E-state index is -0.635. The lowest BCUT2D eigenvalue weighted by Crippen LogP contribution is -2.31. The van der Waals surface area contributed by atoms with Crippen molar-refractivity contribution in [3.63, 3.8) is 0 Å². The maximum absolute atomic E-state index is 11.7. The van der Waals surface area contributed by atoms with Crippen molar-refractivity contribution >= 4 is 29.1 Å². The van der Waals surface area contributed by atoms with E-state index in [1.807, 2.05) is 18.2 Å². The van der Waals surface area contributed by atoms with Crippen LogP contribution in [0.2, 0.25) is 0 Å². The Balaban J connectivity index is 1.47. The third kappa shape index (κ3) is 5.14. The molecule has 0 saturated heterocycles. The average Bonchev–Trinajstić information content (AvgIpc) is 3.47. The summed E-state index contributed by atoms with van der Waals surface area (Å²) >= 11 is 0. The molecule has 9 nitrogen and oxygen atoms in total. The summed E-state index contributed by atoms with van der Waals surface area (Å²) < 4.78 is 7.04. The van der Waals surface area contributed by atoms with E-state index in [-0.39, 0.29) is 11.9 Å². The van der Waals surface area contributed by atoms with Crippen LogP contribution in [-0.4, -0.2) is 35.7 Å². The van der Waals surface area contributed by atoms with Crippen LogP contribution in [0.15, 0.2) is 39.6 Å². The van der Waals surface area contributed by atoms with E-state index >= 15 is 0 Å². The molecule has 1 aromatic carbocycles. The van der Waals surface area contributed by atoms with E-state index in [0.29, 0.717) is 23.3 Å². The second-order valence-corrected chi connectivity index (χ2v) is 11.1. The molecular formula is C29H35N7O2. The maximum atomic E-state index is 11.7. The van der Waals surface area contributed by atoms with Gasteiger partial charge in [-0.2, -0.15) is 0 Å². The fourth-order valence-corrected chi connectivity index (χ4v) is 5.68. The van der Waals surface area contributed by atoms with Gasteiger partial charge in [0.2, 0.25) is 11.6 Å². The summed E-state index contributed by atoms with van der Waals surface area (Å²) in [5.74, 6) is 3.42. The summed E-state index contributed by atoms with van der Waals surface area (Å²) in [4.78, 5) is 28.8. The van der Waals surface area contributed by atoms with Gasteiger partial charge >= 0.3 is 5.76 Å². The number of benzene rings is 1. The second-order valence-electron chi connectivity index (χ2n) is 11.1. The predicted octanol–water partition coefficient (Wildman–Crippen LogP) is 5.77. The molecule has 0 radical (unpaired) electrons. The lowest BCUT2D eigenvalue weighted by Gasteiger charge is -2.32. The zero-order chi connectivity index (χ0) is 26.1. The van der Waals surface area contributed by atoms with Crippen molar-refractivity contribution in [3.05, 3.63) is 52.3 Å². The topological polar surface area (TPSA) is 115 Å². The van der Waals surface area contributed by atoms with Crippen LogP contribution in [0.5, 0.6) is 0 Å². The van der Waals surface area contributed by atoms with Gasteiger partial charge in [0, 0.05) is 12.6 Å². The number of aromatic nitrogens is 6. The molecule has 2 aliphatic rings. The molecule has 0 amide bonds. The van der Waals surface area contributed by atoms with Crippen molar-refractivity contribution in [3.8, 4) is 11.6 Å². The zero-order valence-electron chi connectivity index (χ0n) is 22.1. The second kappa shape index (κ2) is 10.6. The van der Waals surface area contributed by atoms with Gasteiger partial charge in [0.15, 0.2) is 11.5 Å². The number of anilines is 1. The van der Waals surface area contributed by atoms with E-state index in [1.165, 1.54) is 44.9 Å². The molecule has 2 aliphatic carbocycles. The van der Waals surface area contributed by atoms with Crippen LogP contribution in [0.25, 0.3) is 35.0 Å². The highest BCUT2D eigenvalue weighted by Gasteiger charge is 2.28. The first kappa shape index (κ1) is 24.6. The van der Waals surface area contributed by atoms with Crippen LogP contribution in [-0.2, 0) is 6.54 Å². The molecule has 1 atom stereocenters. The van der Waals surface area contributed by atoms with Crippen molar-refractivity contribution in [2.45, 2.75) is 71.4 Å². The fourth-order valence-electron chi connectivity index (χ4n) is 5.68. The highest BCUT2D eigenvalue weighted by Crippen LogP contribution is 2.35. The smallest absolute Gasteiger partial charge is 0.365 e. The van der Waals surface area contributed by atoms with E-state index in [9.17, 15) is 4.79 Å². The molecule has 0 unspecified atom stereocenters. The minimum Gasteiger partial charge on any atom is -0.365 e. The molecule has 2 saturated carbocycles. The predicted molar refractivity (Wildman–Crippen MR) is 148 cm³/mol. The Hall–Kier alpha value is -3.75. The summed E-state index contributed by atoms with van der Waals surface area (Å²) in [5, 5.41) is 7.53. The van der Waals surface area contributed by atoms with Gasteiger partial charge in [-0.1, -0.05) is 67.8 Å². The molecule has 2 fully saturated rings. The van der Waals surface area contributed by atoms with Crippen molar-refractivity contribution < 1.29 is 4.52 Å². The summed E-state index contributed by atoms with van der Waals surface area (Å²) in [5.41, 5.74) is 2.60. The number of nitrogens with one attached hydrogen (secondary N) is 2. The molecule has 0 spiro atoms. The van der Waals surface area contributed by atoms with Crippen molar-refractivity contribution in [1.82, 2.24) is 29.7 Å². The molecule has 198 valence electrons. The SMILES string of the molecule is C[C@@H](Nc1nc(-c2noc(=O)[nH]2)nc2nc(/C=C/c3ccccc3)n(C[C@H]3CC[C@H](C)CC3)c12)C1CCC1. The quantitative estimate of drug-likeness (QED) is 0.307. The van der Waals surface area contributed by atoms with E-state index in [0.717, 1.165) is 35.2 Å². The number of nitrogens with zero attached hydrogens (tertiary/aromatic N) is 5. The minimum absolute atomic E-state index is 0.202.